The number of hydrogen-bond acceptors (Lipinski definition) is 2. The summed E-state index contributed by atoms with van der Waals surface area (Å²) >= 11 is 5.83. The second kappa shape index (κ2) is 6.59. The van der Waals surface area contributed by atoms with Gasteiger partial charge in [0, 0.05) is 31.8 Å². The van der Waals surface area contributed by atoms with Crippen LogP contribution in [0.15, 0.2) is 22.8 Å². The van der Waals surface area contributed by atoms with E-state index in [-0.39, 0.29) is 11.3 Å². The lowest BCUT2D eigenvalue weighted by Crippen LogP contribution is -2.28. The molecule has 0 saturated carbocycles. The van der Waals surface area contributed by atoms with Gasteiger partial charge in [0.15, 0.2) is 0 Å². The third-order valence-corrected chi connectivity index (χ3v) is 2.67. The Morgan fingerprint density at radius 2 is 2.38 bits per heavy atom. The molecule has 16 heavy (non-hydrogen) atoms. The fourth-order valence-corrected chi connectivity index (χ4v) is 1.47. The maximum atomic E-state index is 11.7. The zero-order valence-electron chi connectivity index (χ0n) is 9.78. The van der Waals surface area contributed by atoms with Crippen LogP contribution in [-0.4, -0.2) is 29.8 Å². The molecule has 4 heteroatoms. The molecule has 0 fully saturated rings. The summed E-state index contributed by atoms with van der Waals surface area (Å²) in [6.45, 7) is 2.64. The van der Waals surface area contributed by atoms with Gasteiger partial charge in [-0.05, 0) is 25.5 Å². The van der Waals surface area contributed by atoms with E-state index in [9.17, 15) is 4.79 Å². The second-order valence-electron chi connectivity index (χ2n) is 3.96. The van der Waals surface area contributed by atoms with Crippen LogP contribution in [0.5, 0.6) is 0 Å². The minimum atomic E-state index is 0.111. The van der Waals surface area contributed by atoms with Gasteiger partial charge >= 0.3 is 0 Å². The Hall–Kier alpha value is -0.960. The average Bonchev–Trinajstić information content (AvgIpc) is 2.75. The highest BCUT2D eigenvalue weighted by molar-refractivity contribution is 6.20. The van der Waals surface area contributed by atoms with Gasteiger partial charge < -0.3 is 9.32 Å². The minimum Gasteiger partial charge on any atom is -0.469 e. The van der Waals surface area contributed by atoms with Crippen molar-refractivity contribution in [3.05, 3.63) is 24.2 Å². The predicted molar refractivity (Wildman–Crippen MR) is 64.6 cm³/mol. The van der Waals surface area contributed by atoms with Crippen molar-refractivity contribution in [2.24, 2.45) is 0 Å². The second-order valence-corrected chi connectivity index (χ2v) is 4.71. The number of furan rings is 1. The zero-order chi connectivity index (χ0) is 12.0. The van der Waals surface area contributed by atoms with Crippen molar-refractivity contribution < 1.29 is 9.21 Å². The molecule has 1 aromatic rings. The van der Waals surface area contributed by atoms with E-state index in [1.165, 1.54) is 0 Å². The molecule has 0 aliphatic heterocycles. The molecule has 0 saturated heterocycles. The maximum absolute atomic E-state index is 11.7. The van der Waals surface area contributed by atoms with Crippen molar-refractivity contribution in [1.82, 2.24) is 4.90 Å². The summed E-state index contributed by atoms with van der Waals surface area (Å²) in [5.41, 5.74) is 0. The molecular weight excluding hydrogens is 226 g/mol. The summed E-state index contributed by atoms with van der Waals surface area (Å²) in [7, 11) is 1.81. The van der Waals surface area contributed by atoms with E-state index in [0.717, 1.165) is 12.2 Å². The van der Waals surface area contributed by atoms with Crippen LogP contribution in [0, 0.1) is 0 Å². The molecule has 1 atom stereocenters. The number of amides is 1. The van der Waals surface area contributed by atoms with Crippen LogP contribution in [0.1, 0.15) is 25.5 Å². The summed E-state index contributed by atoms with van der Waals surface area (Å²) in [4.78, 5) is 13.4. The molecule has 0 bridgehead atoms. The van der Waals surface area contributed by atoms with Crippen LogP contribution >= 0.6 is 11.6 Å². The summed E-state index contributed by atoms with van der Waals surface area (Å²) in [5, 5.41) is 0.111. The van der Waals surface area contributed by atoms with Crippen molar-refractivity contribution >= 4 is 17.5 Å². The van der Waals surface area contributed by atoms with Gasteiger partial charge in [-0.25, -0.2) is 0 Å². The molecule has 0 N–H and O–H groups in total. The van der Waals surface area contributed by atoms with E-state index >= 15 is 0 Å². The SMILES string of the molecule is CC(Cl)CCN(C)C(=O)CCc1ccco1. The minimum absolute atomic E-state index is 0.111. The van der Waals surface area contributed by atoms with Gasteiger partial charge in [0.25, 0.3) is 0 Å². The quantitative estimate of drug-likeness (QED) is 0.720. The lowest BCUT2D eigenvalue weighted by atomic mass is 10.2. The van der Waals surface area contributed by atoms with Gasteiger partial charge in [-0.1, -0.05) is 0 Å². The number of aryl methyl sites for hydroxylation is 1. The van der Waals surface area contributed by atoms with E-state index in [4.69, 9.17) is 16.0 Å². The Morgan fingerprint density at radius 3 is 2.94 bits per heavy atom. The van der Waals surface area contributed by atoms with E-state index in [2.05, 4.69) is 0 Å². The van der Waals surface area contributed by atoms with Crippen LogP contribution in [0.25, 0.3) is 0 Å². The van der Waals surface area contributed by atoms with E-state index < -0.39 is 0 Å². The Kier molecular flexibility index (Phi) is 5.39. The number of hydrogen-bond donors (Lipinski definition) is 0. The number of nitrogens with zero attached hydrogens (tertiary/aromatic N) is 1. The first-order valence-corrected chi connectivity index (χ1v) is 5.93. The van der Waals surface area contributed by atoms with E-state index in [0.29, 0.717) is 19.4 Å². The molecular formula is C12H18ClNO2. The lowest BCUT2D eigenvalue weighted by Gasteiger charge is -2.17. The molecule has 0 aliphatic rings. The van der Waals surface area contributed by atoms with Crippen molar-refractivity contribution in [3.63, 3.8) is 0 Å². The first kappa shape index (κ1) is 13.1. The third kappa shape index (κ3) is 4.71. The van der Waals surface area contributed by atoms with Gasteiger partial charge in [0.1, 0.15) is 5.76 Å². The Morgan fingerprint density at radius 1 is 1.62 bits per heavy atom. The third-order valence-electron chi connectivity index (χ3n) is 2.45. The highest BCUT2D eigenvalue weighted by atomic mass is 35.5. The number of carbonyl (C=O) groups is 1. The Bertz CT molecular complexity index is 309. The molecule has 1 unspecified atom stereocenters. The fraction of sp³-hybridized carbons (Fsp3) is 0.583. The van der Waals surface area contributed by atoms with Crippen LogP contribution in [0.2, 0.25) is 0 Å². The molecule has 1 heterocycles. The van der Waals surface area contributed by atoms with Crippen LogP contribution < -0.4 is 0 Å². The molecule has 0 radical (unpaired) electrons. The van der Waals surface area contributed by atoms with Crippen LogP contribution in [0.3, 0.4) is 0 Å². The van der Waals surface area contributed by atoms with Gasteiger partial charge in [-0.15, -0.1) is 11.6 Å². The van der Waals surface area contributed by atoms with Crippen molar-refractivity contribution in [3.8, 4) is 0 Å². The molecule has 0 aliphatic carbocycles. The fourth-order valence-electron chi connectivity index (χ4n) is 1.37. The average molecular weight is 244 g/mol. The largest absolute Gasteiger partial charge is 0.469 e. The van der Waals surface area contributed by atoms with Crippen molar-refractivity contribution in [2.45, 2.75) is 31.6 Å². The first-order chi connectivity index (χ1) is 7.59. The first-order valence-electron chi connectivity index (χ1n) is 5.50. The topological polar surface area (TPSA) is 33.5 Å². The standard InChI is InChI=1S/C12H18ClNO2/c1-10(13)7-8-14(2)12(15)6-5-11-4-3-9-16-11/h3-4,9-10H,5-8H2,1-2H3. The Labute approximate surface area is 101 Å². The monoisotopic (exact) mass is 243 g/mol. The van der Waals surface area contributed by atoms with Gasteiger partial charge in [-0.3, -0.25) is 4.79 Å². The van der Waals surface area contributed by atoms with Crippen LogP contribution in [-0.2, 0) is 11.2 Å². The summed E-state index contributed by atoms with van der Waals surface area (Å²) in [6, 6.07) is 3.72. The van der Waals surface area contributed by atoms with Gasteiger partial charge in [-0.2, -0.15) is 0 Å². The van der Waals surface area contributed by atoms with Gasteiger partial charge in [0.2, 0.25) is 5.91 Å². The normalized spacial score (nSPS) is 12.4. The number of alkyl halides is 1. The van der Waals surface area contributed by atoms with E-state index in [1.54, 1.807) is 11.2 Å². The number of carbonyl (C=O) groups excluding carboxylic acids is 1. The smallest absolute Gasteiger partial charge is 0.222 e. The molecule has 1 rings (SSSR count). The number of halogens is 1. The summed E-state index contributed by atoms with van der Waals surface area (Å²) in [6.07, 6.45) is 3.59. The van der Waals surface area contributed by atoms with Gasteiger partial charge in [0.05, 0.1) is 6.26 Å². The van der Waals surface area contributed by atoms with Crippen molar-refractivity contribution in [1.29, 1.82) is 0 Å². The Balaban J connectivity index is 2.23. The summed E-state index contributed by atoms with van der Waals surface area (Å²) < 4.78 is 5.17. The molecule has 1 amide bonds. The molecule has 0 aromatic carbocycles. The highest BCUT2D eigenvalue weighted by Crippen LogP contribution is 2.06. The zero-order valence-corrected chi connectivity index (χ0v) is 10.5. The number of rotatable bonds is 6. The highest BCUT2D eigenvalue weighted by Gasteiger charge is 2.10. The molecule has 90 valence electrons. The molecule has 3 nitrogen and oxygen atoms in total. The van der Waals surface area contributed by atoms with E-state index in [1.807, 2.05) is 26.1 Å². The molecule has 0 spiro atoms. The maximum Gasteiger partial charge on any atom is 0.222 e. The molecule has 1 aromatic heterocycles. The van der Waals surface area contributed by atoms with Crippen LogP contribution in [0.4, 0.5) is 0 Å². The van der Waals surface area contributed by atoms with Crippen molar-refractivity contribution in [2.75, 3.05) is 13.6 Å². The predicted octanol–water partition coefficient (Wildman–Crippen LogP) is 2.69. The summed E-state index contributed by atoms with van der Waals surface area (Å²) in [5.74, 6) is 0.987. The lowest BCUT2D eigenvalue weighted by molar-refractivity contribution is -0.129.